The molecule has 1 heterocycles. The molecule has 1 aliphatic heterocycles. The molecular weight excluding hydrogens is 374 g/mol. The van der Waals surface area contributed by atoms with Crippen LogP contribution in [0.15, 0.2) is 60.0 Å². The Morgan fingerprint density at radius 1 is 0.893 bits per heavy atom. The van der Waals surface area contributed by atoms with E-state index in [-0.39, 0.29) is 6.03 Å². The number of carbonyl (C=O) groups excluding carboxylic acids is 1. The molecule has 7 heteroatoms. The number of benzene rings is 2. The summed E-state index contributed by atoms with van der Waals surface area (Å²) in [6.07, 6.45) is 5.87. The van der Waals surface area contributed by atoms with Gasteiger partial charge in [0.15, 0.2) is 0 Å². The van der Waals surface area contributed by atoms with Crippen LogP contribution >= 0.6 is 0 Å². The molecule has 2 aromatic carbocycles. The molecule has 2 N–H and O–H groups in total. The highest BCUT2D eigenvalue weighted by molar-refractivity contribution is 7.95. The van der Waals surface area contributed by atoms with Gasteiger partial charge in [0.05, 0.1) is 11.1 Å². The van der Waals surface area contributed by atoms with Gasteiger partial charge in [0, 0.05) is 18.8 Å². The van der Waals surface area contributed by atoms with E-state index in [1.807, 2.05) is 35.2 Å². The molecule has 1 aliphatic rings. The van der Waals surface area contributed by atoms with Crippen molar-refractivity contribution in [1.29, 1.82) is 0 Å². The Kier molecular flexibility index (Phi) is 6.71. The SMILES string of the molecule is O=C(Nc1cccc(NS(=O)(=O)/C=C/c2ccccc2)c1)N1CCCCCC1. The summed E-state index contributed by atoms with van der Waals surface area (Å²) < 4.78 is 27.1. The first-order valence-corrected chi connectivity index (χ1v) is 11.0. The summed E-state index contributed by atoms with van der Waals surface area (Å²) in [7, 11) is -3.66. The molecule has 1 fully saturated rings. The Balaban J connectivity index is 1.64. The number of hydrogen-bond donors (Lipinski definition) is 2. The maximum Gasteiger partial charge on any atom is 0.321 e. The molecule has 1 saturated heterocycles. The van der Waals surface area contributed by atoms with E-state index in [1.165, 1.54) is 6.08 Å². The largest absolute Gasteiger partial charge is 0.325 e. The zero-order valence-electron chi connectivity index (χ0n) is 15.7. The zero-order valence-corrected chi connectivity index (χ0v) is 16.5. The van der Waals surface area contributed by atoms with Gasteiger partial charge in [0.2, 0.25) is 0 Å². The molecule has 3 rings (SSSR count). The first-order valence-electron chi connectivity index (χ1n) is 9.44. The number of sulfonamides is 1. The van der Waals surface area contributed by atoms with Gasteiger partial charge < -0.3 is 10.2 Å². The van der Waals surface area contributed by atoms with E-state index >= 15 is 0 Å². The topological polar surface area (TPSA) is 78.5 Å². The lowest BCUT2D eigenvalue weighted by molar-refractivity contribution is 0.214. The van der Waals surface area contributed by atoms with Crippen LogP contribution in [-0.2, 0) is 10.0 Å². The van der Waals surface area contributed by atoms with Crippen LogP contribution < -0.4 is 10.0 Å². The number of likely N-dealkylation sites (tertiary alicyclic amines) is 1. The maximum atomic E-state index is 12.4. The molecule has 0 saturated carbocycles. The lowest BCUT2D eigenvalue weighted by Gasteiger charge is -2.21. The molecule has 0 spiro atoms. The summed E-state index contributed by atoms with van der Waals surface area (Å²) in [6, 6.07) is 15.8. The number of amides is 2. The van der Waals surface area contributed by atoms with Gasteiger partial charge in [-0.05, 0) is 42.7 Å². The Labute approximate surface area is 166 Å². The van der Waals surface area contributed by atoms with Crippen molar-refractivity contribution >= 4 is 33.5 Å². The molecule has 0 aromatic heterocycles. The van der Waals surface area contributed by atoms with Crippen LogP contribution in [-0.4, -0.2) is 32.4 Å². The Hall–Kier alpha value is -2.80. The van der Waals surface area contributed by atoms with E-state index in [9.17, 15) is 13.2 Å². The van der Waals surface area contributed by atoms with Crippen molar-refractivity contribution in [3.05, 3.63) is 65.6 Å². The third-order valence-corrected chi connectivity index (χ3v) is 5.52. The molecule has 0 radical (unpaired) electrons. The summed E-state index contributed by atoms with van der Waals surface area (Å²) >= 11 is 0. The second kappa shape index (κ2) is 9.41. The van der Waals surface area contributed by atoms with Crippen LogP contribution in [0.2, 0.25) is 0 Å². The summed E-state index contributed by atoms with van der Waals surface area (Å²) in [5.74, 6) is 0. The number of carbonyl (C=O) groups is 1. The number of urea groups is 1. The molecule has 0 aliphatic carbocycles. The molecule has 28 heavy (non-hydrogen) atoms. The molecule has 0 atom stereocenters. The fourth-order valence-electron chi connectivity index (χ4n) is 3.07. The first kappa shape index (κ1) is 19.9. The van der Waals surface area contributed by atoms with Crippen molar-refractivity contribution in [3.63, 3.8) is 0 Å². The highest BCUT2D eigenvalue weighted by Gasteiger charge is 2.15. The standard InChI is InChI=1S/C21H25N3O3S/c25-21(24-14-6-1-2-7-15-24)22-19-11-8-12-20(17-19)23-28(26,27)16-13-18-9-4-3-5-10-18/h3-5,8-13,16-17,23H,1-2,6-7,14-15H2,(H,22,25)/b16-13+. The minimum absolute atomic E-state index is 0.147. The summed E-state index contributed by atoms with van der Waals surface area (Å²) in [6.45, 7) is 1.50. The predicted molar refractivity (Wildman–Crippen MR) is 114 cm³/mol. The Bertz CT molecular complexity index is 919. The first-order chi connectivity index (χ1) is 13.5. The lowest BCUT2D eigenvalue weighted by Crippen LogP contribution is -2.35. The van der Waals surface area contributed by atoms with E-state index in [0.29, 0.717) is 11.4 Å². The monoisotopic (exact) mass is 399 g/mol. The maximum absolute atomic E-state index is 12.4. The van der Waals surface area contributed by atoms with Crippen molar-refractivity contribution in [1.82, 2.24) is 4.90 Å². The summed E-state index contributed by atoms with van der Waals surface area (Å²) in [4.78, 5) is 14.3. The van der Waals surface area contributed by atoms with Crippen LogP contribution in [0.5, 0.6) is 0 Å². The minimum Gasteiger partial charge on any atom is -0.325 e. The molecule has 0 unspecified atom stereocenters. The molecule has 6 nitrogen and oxygen atoms in total. The molecule has 2 aromatic rings. The van der Waals surface area contributed by atoms with E-state index < -0.39 is 10.0 Å². The molecule has 2 amide bonds. The average Bonchev–Trinajstić information content (AvgIpc) is 2.97. The van der Waals surface area contributed by atoms with Crippen molar-refractivity contribution in [2.45, 2.75) is 25.7 Å². The second-order valence-corrected chi connectivity index (χ2v) is 8.34. The van der Waals surface area contributed by atoms with Gasteiger partial charge in [0.1, 0.15) is 0 Å². The predicted octanol–water partition coefficient (Wildman–Crippen LogP) is 4.51. The quantitative estimate of drug-likeness (QED) is 0.777. The van der Waals surface area contributed by atoms with Crippen molar-refractivity contribution in [2.24, 2.45) is 0 Å². The third kappa shape index (κ3) is 6.13. The summed E-state index contributed by atoms with van der Waals surface area (Å²) in [5, 5.41) is 3.99. The summed E-state index contributed by atoms with van der Waals surface area (Å²) in [5.41, 5.74) is 1.75. The zero-order chi connectivity index (χ0) is 19.8. The van der Waals surface area contributed by atoms with Gasteiger partial charge >= 0.3 is 6.03 Å². The van der Waals surface area contributed by atoms with Crippen molar-refractivity contribution in [2.75, 3.05) is 23.1 Å². The second-order valence-electron chi connectivity index (χ2n) is 6.77. The molecule has 148 valence electrons. The van der Waals surface area contributed by atoms with Crippen LogP contribution in [0.1, 0.15) is 31.2 Å². The van der Waals surface area contributed by atoms with Gasteiger partial charge in [-0.15, -0.1) is 0 Å². The Morgan fingerprint density at radius 2 is 1.57 bits per heavy atom. The molecular formula is C21H25N3O3S. The number of anilines is 2. The van der Waals surface area contributed by atoms with E-state index in [1.54, 1.807) is 24.3 Å². The number of hydrogen-bond acceptors (Lipinski definition) is 3. The van der Waals surface area contributed by atoms with Crippen LogP contribution in [0.25, 0.3) is 6.08 Å². The molecule has 0 bridgehead atoms. The van der Waals surface area contributed by atoms with Gasteiger partial charge in [-0.3, -0.25) is 4.72 Å². The number of nitrogens with one attached hydrogen (secondary N) is 2. The van der Waals surface area contributed by atoms with E-state index in [0.717, 1.165) is 49.7 Å². The highest BCUT2D eigenvalue weighted by atomic mass is 32.2. The van der Waals surface area contributed by atoms with Gasteiger partial charge in [-0.2, -0.15) is 0 Å². The van der Waals surface area contributed by atoms with Gasteiger partial charge in [-0.25, -0.2) is 13.2 Å². The third-order valence-electron chi connectivity index (χ3n) is 4.51. The van der Waals surface area contributed by atoms with E-state index in [2.05, 4.69) is 10.0 Å². The Morgan fingerprint density at radius 3 is 2.29 bits per heavy atom. The fraction of sp³-hybridized carbons (Fsp3) is 0.286. The van der Waals surface area contributed by atoms with E-state index in [4.69, 9.17) is 0 Å². The highest BCUT2D eigenvalue weighted by Crippen LogP contribution is 2.18. The van der Waals surface area contributed by atoms with Crippen LogP contribution in [0, 0.1) is 0 Å². The van der Waals surface area contributed by atoms with Gasteiger partial charge in [0.25, 0.3) is 10.0 Å². The number of nitrogens with zero attached hydrogens (tertiary/aromatic N) is 1. The smallest absolute Gasteiger partial charge is 0.321 e. The lowest BCUT2D eigenvalue weighted by atomic mass is 10.2. The van der Waals surface area contributed by atoms with Gasteiger partial charge in [-0.1, -0.05) is 49.2 Å². The number of rotatable bonds is 5. The minimum atomic E-state index is -3.66. The van der Waals surface area contributed by atoms with Crippen molar-refractivity contribution in [3.8, 4) is 0 Å². The van der Waals surface area contributed by atoms with Crippen LogP contribution in [0.4, 0.5) is 16.2 Å². The van der Waals surface area contributed by atoms with Crippen LogP contribution in [0.3, 0.4) is 0 Å². The van der Waals surface area contributed by atoms with Crippen molar-refractivity contribution < 1.29 is 13.2 Å². The fourth-order valence-corrected chi connectivity index (χ4v) is 3.93. The normalized spacial score (nSPS) is 15.2. The average molecular weight is 400 g/mol.